The fourth-order valence-electron chi connectivity index (χ4n) is 4.84. The molecule has 0 atom stereocenters. The lowest BCUT2D eigenvalue weighted by Gasteiger charge is -2.11. The minimum absolute atomic E-state index is 0.846. The van der Waals surface area contributed by atoms with Crippen molar-refractivity contribution in [2.75, 3.05) is 49.5 Å². The zero-order valence-corrected chi connectivity index (χ0v) is 29.5. The zero-order chi connectivity index (χ0) is 31.9. The minimum Gasteiger partial charge on any atom is -0.378 e. The molecule has 0 unspecified atom stereocenters. The molecule has 8 nitrogen and oxygen atoms in total. The molecule has 0 N–H and O–H groups in total. The Kier molecular flexibility index (Phi) is 10.6. The van der Waals surface area contributed by atoms with Gasteiger partial charge in [-0.2, -0.15) is 0 Å². The van der Waals surface area contributed by atoms with Crippen molar-refractivity contribution in [3.63, 3.8) is 0 Å². The number of anilines is 2. The maximum atomic E-state index is 4.68. The summed E-state index contributed by atoms with van der Waals surface area (Å²) >= 11 is 3.36. The zero-order valence-electron chi connectivity index (χ0n) is 26.3. The number of azo groups is 2. The van der Waals surface area contributed by atoms with Gasteiger partial charge in [0, 0.05) is 51.1 Å². The summed E-state index contributed by atoms with van der Waals surface area (Å²) in [4.78, 5) is 4.16. The van der Waals surface area contributed by atoms with Crippen molar-refractivity contribution in [3.05, 3.63) is 97.1 Å². The van der Waals surface area contributed by atoms with Crippen LogP contribution < -0.4 is 18.9 Å². The number of thiazole rings is 2. The summed E-state index contributed by atoms with van der Waals surface area (Å²) in [7, 11) is 11.9. The average molecular weight is 685 g/mol. The Balaban J connectivity index is 1.08. The molecular formula is C34H36N8S4+2. The number of aromatic nitrogens is 2. The van der Waals surface area contributed by atoms with Gasteiger partial charge in [0.15, 0.2) is 0 Å². The smallest absolute Gasteiger partial charge is 0.378 e. The lowest BCUT2D eigenvalue weighted by atomic mass is 10.3. The van der Waals surface area contributed by atoms with Gasteiger partial charge >= 0.3 is 10.3 Å². The number of fused-ring (bicyclic) bond motifs is 2. The van der Waals surface area contributed by atoms with Gasteiger partial charge in [0.25, 0.3) is 0 Å². The molecule has 0 saturated carbocycles. The van der Waals surface area contributed by atoms with E-state index in [0.717, 1.165) is 57.6 Å². The van der Waals surface area contributed by atoms with Crippen molar-refractivity contribution in [2.45, 2.75) is 13.1 Å². The molecule has 12 heteroatoms. The molecule has 4 aromatic carbocycles. The second-order valence-electron chi connectivity index (χ2n) is 10.9. The van der Waals surface area contributed by atoms with E-state index in [0.29, 0.717) is 0 Å². The van der Waals surface area contributed by atoms with E-state index in [2.05, 4.69) is 112 Å². The van der Waals surface area contributed by atoms with Crippen LogP contribution in [-0.4, -0.2) is 39.7 Å². The van der Waals surface area contributed by atoms with Gasteiger partial charge < -0.3 is 9.80 Å². The van der Waals surface area contributed by atoms with Gasteiger partial charge in [0.05, 0.1) is 19.6 Å². The van der Waals surface area contributed by atoms with E-state index in [1.54, 1.807) is 22.7 Å². The molecule has 0 aliphatic rings. The maximum absolute atomic E-state index is 4.68. The van der Waals surface area contributed by atoms with Gasteiger partial charge in [-0.05, 0) is 106 Å². The molecule has 6 aromatic rings. The van der Waals surface area contributed by atoms with Crippen molar-refractivity contribution in [1.82, 2.24) is 0 Å². The van der Waals surface area contributed by atoms with Crippen LogP contribution in [0.3, 0.4) is 0 Å². The Morgan fingerprint density at radius 3 is 1.30 bits per heavy atom. The molecule has 0 spiro atoms. The van der Waals surface area contributed by atoms with Gasteiger partial charge in [-0.3, -0.25) is 0 Å². The quantitative estimate of drug-likeness (QED) is 0.0526. The summed E-state index contributed by atoms with van der Waals surface area (Å²) in [5.41, 5.74) is 6.37. The van der Waals surface area contributed by atoms with Gasteiger partial charge in [0.2, 0.25) is 0 Å². The van der Waals surface area contributed by atoms with Crippen molar-refractivity contribution in [1.29, 1.82) is 0 Å². The van der Waals surface area contributed by atoms with E-state index in [-0.39, 0.29) is 0 Å². The van der Waals surface area contributed by atoms with Crippen LogP contribution in [0.2, 0.25) is 0 Å². The third-order valence-electron chi connectivity index (χ3n) is 7.29. The molecule has 2 aromatic heterocycles. The molecule has 46 heavy (non-hydrogen) atoms. The number of benzene rings is 4. The third kappa shape index (κ3) is 7.75. The van der Waals surface area contributed by atoms with Crippen molar-refractivity contribution < 1.29 is 9.13 Å². The minimum atomic E-state index is 0.846. The first-order chi connectivity index (χ1) is 22.5. The molecule has 0 aliphatic carbocycles. The number of rotatable bonds is 13. The predicted molar refractivity (Wildman–Crippen MR) is 199 cm³/mol. The first-order valence-electron chi connectivity index (χ1n) is 14.9. The van der Waals surface area contributed by atoms with Crippen LogP contribution in [0.15, 0.2) is 118 Å². The third-order valence-corrected chi connectivity index (χ3v) is 11.8. The lowest BCUT2D eigenvalue weighted by Crippen LogP contribution is -2.34. The van der Waals surface area contributed by atoms with Crippen LogP contribution >= 0.6 is 44.3 Å². The molecule has 234 valence electrons. The number of hydrogen-bond donors (Lipinski definition) is 0. The molecule has 0 fully saturated rings. The van der Waals surface area contributed by atoms with E-state index in [1.165, 1.54) is 20.4 Å². The number of nitrogens with zero attached hydrogens (tertiary/aromatic N) is 8. The molecule has 0 radical (unpaired) electrons. The fourth-order valence-corrected chi connectivity index (χ4v) is 8.76. The molecule has 6 rings (SSSR count). The molecule has 0 bridgehead atoms. The van der Waals surface area contributed by atoms with Crippen molar-refractivity contribution >= 4 is 97.7 Å². The molecule has 0 amide bonds. The van der Waals surface area contributed by atoms with Gasteiger partial charge in [0.1, 0.15) is 35.5 Å². The lowest BCUT2D eigenvalue weighted by molar-refractivity contribution is -0.650. The van der Waals surface area contributed by atoms with E-state index in [1.807, 2.05) is 74.0 Å². The highest BCUT2D eigenvalue weighted by molar-refractivity contribution is 8.76. The van der Waals surface area contributed by atoms with E-state index >= 15 is 0 Å². The highest BCUT2D eigenvalue weighted by Gasteiger charge is 2.21. The molecule has 2 heterocycles. The Labute approximate surface area is 285 Å². The predicted octanol–water partition coefficient (Wildman–Crippen LogP) is 9.74. The molecule has 0 aliphatic heterocycles. The monoisotopic (exact) mass is 684 g/mol. The van der Waals surface area contributed by atoms with Gasteiger partial charge in [-0.15, -0.1) is 0 Å². The Morgan fingerprint density at radius 2 is 0.913 bits per heavy atom. The highest BCUT2D eigenvalue weighted by Crippen LogP contribution is 2.31. The summed E-state index contributed by atoms with van der Waals surface area (Å²) in [6.45, 7) is 1.71. The van der Waals surface area contributed by atoms with E-state index in [9.17, 15) is 0 Å². The summed E-state index contributed by atoms with van der Waals surface area (Å²) in [5, 5.41) is 20.3. The van der Waals surface area contributed by atoms with E-state index < -0.39 is 0 Å². The van der Waals surface area contributed by atoms with Crippen LogP contribution in [0.25, 0.3) is 20.4 Å². The van der Waals surface area contributed by atoms with E-state index in [4.69, 9.17) is 0 Å². The van der Waals surface area contributed by atoms with Crippen LogP contribution in [0.1, 0.15) is 0 Å². The number of aryl methyl sites for hydroxylation is 2. The topological polar surface area (TPSA) is 63.7 Å². The first kappa shape index (κ1) is 32.1. The molecular weight excluding hydrogens is 649 g/mol. The van der Waals surface area contributed by atoms with Crippen LogP contribution in [0.4, 0.5) is 33.0 Å². The summed E-state index contributed by atoms with van der Waals surface area (Å²) in [5.74, 6) is 1.92. The van der Waals surface area contributed by atoms with Crippen LogP contribution in [0.5, 0.6) is 0 Å². The number of para-hydroxylation sites is 2. The van der Waals surface area contributed by atoms with Crippen molar-refractivity contribution in [3.8, 4) is 0 Å². The Bertz CT molecular complexity index is 1820. The molecule has 0 saturated heterocycles. The van der Waals surface area contributed by atoms with Crippen LogP contribution in [-0.2, 0) is 13.1 Å². The summed E-state index contributed by atoms with van der Waals surface area (Å²) in [6.07, 6.45) is 0. The average Bonchev–Trinajstić information content (AvgIpc) is 3.62. The first-order valence-corrected chi connectivity index (χ1v) is 19.0. The fraction of sp³-hybridized carbons (Fsp3) is 0.235. The second-order valence-corrected chi connectivity index (χ2v) is 15.6. The van der Waals surface area contributed by atoms with Gasteiger partial charge in [-0.25, -0.2) is 9.13 Å². The second kappa shape index (κ2) is 15.2. The van der Waals surface area contributed by atoms with Crippen LogP contribution in [0, 0.1) is 0 Å². The highest BCUT2D eigenvalue weighted by atomic mass is 33.1. The number of hydrogen-bond acceptors (Lipinski definition) is 10. The van der Waals surface area contributed by atoms with Crippen molar-refractivity contribution in [2.24, 2.45) is 20.5 Å². The van der Waals surface area contributed by atoms with Gasteiger partial charge in [-0.1, -0.05) is 45.9 Å². The largest absolute Gasteiger partial charge is 0.409 e. The standard InChI is InChI=1S/C34H36N8S4/c1-39(2)27-17-13-25(14-18-27)35-37-33-41(29-9-5-7-11-31(29)45-33)21-23-43-44-24-22-42-30-10-6-8-12-32(30)46-34(42)38-36-26-15-19-28(20-16-26)40(3)4/h5-20H,21-24H2,1-4H3/q+2. The Morgan fingerprint density at radius 1 is 0.522 bits per heavy atom. The Hall–Kier alpha value is -3.84. The maximum Gasteiger partial charge on any atom is 0.409 e. The normalized spacial score (nSPS) is 11.8. The summed E-state index contributed by atoms with van der Waals surface area (Å²) < 4.78 is 7.01. The summed E-state index contributed by atoms with van der Waals surface area (Å²) in [6, 6.07) is 33.3. The SMILES string of the molecule is CN(C)c1ccc(N=Nc2sc3ccccc3[n+]2CCSSCC[n+]2c(N=Nc3ccc(N(C)C)cc3)sc3ccccc32)cc1.